The van der Waals surface area contributed by atoms with E-state index in [4.69, 9.17) is 0 Å². The second-order valence-corrected chi connectivity index (χ2v) is 7.91. The number of hydrogen-bond acceptors (Lipinski definition) is 6. The highest BCUT2D eigenvalue weighted by molar-refractivity contribution is 7.12. The zero-order valence-electron chi connectivity index (χ0n) is 15.5. The molecule has 1 unspecified atom stereocenters. The zero-order valence-corrected chi connectivity index (χ0v) is 16.3. The van der Waals surface area contributed by atoms with Crippen LogP contribution in [0, 0.1) is 0 Å². The van der Waals surface area contributed by atoms with Crippen LogP contribution in [-0.4, -0.2) is 34.4 Å². The second-order valence-electron chi connectivity index (χ2n) is 6.96. The fraction of sp³-hybridized carbons (Fsp3) is 0.316. The lowest BCUT2D eigenvalue weighted by Gasteiger charge is -2.15. The van der Waals surface area contributed by atoms with Crippen LogP contribution in [-0.2, 0) is 9.59 Å². The first-order valence-corrected chi connectivity index (χ1v) is 9.14. The topological polar surface area (TPSA) is 105 Å². The number of thiophene rings is 1. The van der Waals surface area contributed by atoms with E-state index in [0.717, 1.165) is 0 Å². The first-order valence-electron chi connectivity index (χ1n) is 8.26. The van der Waals surface area contributed by atoms with Crippen LogP contribution in [0.4, 0.5) is 5.69 Å². The van der Waals surface area contributed by atoms with E-state index in [-0.39, 0.29) is 22.8 Å². The fourth-order valence-corrected chi connectivity index (χ4v) is 3.00. The summed E-state index contributed by atoms with van der Waals surface area (Å²) in [4.78, 5) is 50.1. The number of anilines is 1. The van der Waals surface area contributed by atoms with Crippen LogP contribution in [0.2, 0.25) is 0 Å². The van der Waals surface area contributed by atoms with Gasteiger partial charge in [-0.15, -0.1) is 11.3 Å². The molecule has 1 atom stereocenters. The third kappa shape index (κ3) is 5.07. The third-order valence-corrected chi connectivity index (χ3v) is 4.48. The number of fused-ring (bicyclic) bond motifs is 1. The van der Waals surface area contributed by atoms with E-state index in [0.29, 0.717) is 22.7 Å². The average Bonchev–Trinajstić information content (AvgIpc) is 3.20. The predicted molar refractivity (Wildman–Crippen MR) is 103 cm³/mol. The monoisotopic (exact) mass is 387 g/mol. The number of carbonyl (C=O) groups excluding carboxylic acids is 4. The van der Waals surface area contributed by atoms with Crippen LogP contribution < -0.4 is 10.6 Å². The number of Topliss-reactive ketones (excluding diaryl/α,β-unsaturated/α-hetero) is 2. The summed E-state index contributed by atoms with van der Waals surface area (Å²) in [5.74, 6) is -1.85. The molecule has 0 aliphatic carbocycles. The smallest absolute Gasteiger partial charge is 0.241 e. The molecule has 0 fully saturated rings. The first kappa shape index (κ1) is 20.4. The summed E-state index contributed by atoms with van der Waals surface area (Å²) >= 11 is 1.28. The maximum absolute atomic E-state index is 12.4. The molecule has 27 heavy (non-hydrogen) atoms. The van der Waals surface area contributed by atoms with E-state index in [2.05, 4.69) is 15.6 Å². The molecule has 0 saturated heterocycles. The third-order valence-electron chi connectivity index (χ3n) is 3.60. The van der Waals surface area contributed by atoms with Gasteiger partial charge >= 0.3 is 0 Å². The molecule has 3 rings (SSSR count). The number of carbonyl (C=O) groups is 4. The molecule has 8 heteroatoms. The van der Waals surface area contributed by atoms with E-state index < -0.39 is 11.8 Å². The van der Waals surface area contributed by atoms with Gasteiger partial charge in [-0.3, -0.25) is 19.2 Å². The minimum Gasteiger partial charge on any atom is -0.354 e. The summed E-state index contributed by atoms with van der Waals surface area (Å²) < 4.78 is 0. The lowest BCUT2D eigenvalue weighted by Crippen LogP contribution is -2.34. The fourth-order valence-electron chi connectivity index (χ4n) is 2.31. The van der Waals surface area contributed by atoms with Crippen LogP contribution in [0.25, 0.3) is 0 Å². The van der Waals surface area contributed by atoms with Gasteiger partial charge in [0.25, 0.3) is 0 Å². The molecule has 2 amide bonds. The van der Waals surface area contributed by atoms with Gasteiger partial charge in [-0.25, -0.2) is 4.98 Å². The van der Waals surface area contributed by atoms with Crippen molar-refractivity contribution in [3.05, 3.63) is 45.9 Å². The lowest BCUT2D eigenvalue weighted by molar-refractivity contribution is -0.116. The second kappa shape index (κ2) is 8.22. The van der Waals surface area contributed by atoms with Gasteiger partial charge in [-0.1, -0.05) is 6.07 Å². The molecule has 7 nitrogen and oxygen atoms in total. The Morgan fingerprint density at radius 2 is 1.96 bits per heavy atom. The summed E-state index contributed by atoms with van der Waals surface area (Å²) in [6, 6.07) is 6.58. The Labute approximate surface area is 161 Å². The molecular formula is C19H21N3O4S. The summed E-state index contributed by atoms with van der Waals surface area (Å²) in [6.07, 6.45) is 0.708. The van der Waals surface area contributed by atoms with Crippen LogP contribution >= 0.6 is 11.3 Å². The van der Waals surface area contributed by atoms with E-state index in [9.17, 15) is 19.2 Å². The minimum atomic E-state index is -0.969. The van der Waals surface area contributed by atoms with Gasteiger partial charge in [0, 0.05) is 12.5 Å². The predicted octanol–water partition coefficient (Wildman–Crippen LogP) is 2.80. The minimum absolute atomic E-state index is 0.0677. The van der Waals surface area contributed by atoms with E-state index >= 15 is 0 Å². The summed E-state index contributed by atoms with van der Waals surface area (Å²) in [5.41, 5.74) is 1.02. The van der Waals surface area contributed by atoms with Gasteiger partial charge < -0.3 is 10.6 Å². The molecule has 0 bridgehead atoms. The molecule has 2 aromatic rings. The average molecular weight is 387 g/mol. The number of hydrogen-bond donors (Lipinski definition) is 2. The number of aromatic nitrogens is 1. The summed E-state index contributed by atoms with van der Waals surface area (Å²) in [6.45, 7) is 7.19. The van der Waals surface area contributed by atoms with Gasteiger partial charge in [-0.2, -0.15) is 0 Å². The van der Waals surface area contributed by atoms with Gasteiger partial charge in [0.2, 0.25) is 12.3 Å². The SMILES string of the molecule is CC(=O)c1ccc2c(n1)C(C(=O)c1cccs1)C(=O)N2.CC(C)(C)NC=O. The number of nitrogens with zero attached hydrogens (tertiary/aromatic N) is 1. The molecule has 1 aliphatic rings. The molecule has 2 N–H and O–H groups in total. The van der Waals surface area contributed by atoms with Crippen molar-refractivity contribution < 1.29 is 19.2 Å². The molecule has 0 saturated carbocycles. The van der Waals surface area contributed by atoms with E-state index in [1.807, 2.05) is 20.8 Å². The molecule has 2 aromatic heterocycles. The van der Waals surface area contributed by atoms with Crippen molar-refractivity contribution in [3.8, 4) is 0 Å². The number of amides is 2. The molecule has 0 spiro atoms. The molecule has 142 valence electrons. The summed E-state index contributed by atoms with van der Waals surface area (Å²) in [5, 5.41) is 7.01. The normalized spacial score (nSPS) is 15.1. The largest absolute Gasteiger partial charge is 0.354 e. The van der Waals surface area contributed by atoms with Crippen molar-refractivity contribution in [3.63, 3.8) is 0 Å². The van der Waals surface area contributed by atoms with Crippen LogP contribution in [0.1, 0.15) is 59.5 Å². The van der Waals surface area contributed by atoms with Crippen LogP contribution in [0.15, 0.2) is 29.6 Å². The van der Waals surface area contributed by atoms with Crippen molar-refractivity contribution >= 4 is 40.9 Å². The van der Waals surface area contributed by atoms with Crippen molar-refractivity contribution in [1.82, 2.24) is 10.3 Å². The maximum atomic E-state index is 12.4. The number of rotatable bonds is 4. The van der Waals surface area contributed by atoms with Crippen LogP contribution in [0.3, 0.4) is 0 Å². The Morgan fingerprint density at radius 1 is 1.26 bits per heavy atom. The van der Waals surface area contributed by atoms with Gasteiger partial charge in [-0.05, 0) is 44.4 Å². The Kier molecular flexibility index (Phi) is 6.22. The highest BCUT2D eigenvalue weighted by Gasteiger charge is 2.39. The van der Waals surface area contributed by atoms with Crippen molar-refractivity contribution in [2.75, 3.05) is 5.32 Å². The van der Waals surface area contributed by atoms with Gasteiger partial charge in [0.15, 0.2) is 11.6 Å². The first-order chi connectivity index (χ1) is 12.6. The highest BCUT2D eigenvalue weighted by atomic mass is 32.1. The molecule has 1 aliphatic heterocycles. The molecule has 3 heterocycles. The number of nitrogens with one attached hydrogen (secondary N) is 2. The Balaban J connectivity index is 0.000000321. The zero-order chi connectivity index (χ0) is 20.2. The summed E-state index contributed by atoms with van der Waals surface area (Å²) in [7, 11) is 0. The molecule has 0 aromatic carbocycles. The Hall–Kier alpha value is -2.87. The van der Waals surface area contributed by atoms with E-state index in [1.54, 1.807) is 29.6 Å². The van der Waals surface area contributed by atoms with Crippen molar-refractivity contribution in [2.45, 2.75) is 39.2 Å². The van der Waals surface area contributed by atoms with Crippen LogP contribution in [0.5, 0.6) is 0 Å². The van der Waals surface area contributed by atoms with Crippen molar-refractivity contribution in [2.24, 2.45) is 0 Å². The quantitative estimate of drug-likeness (QED) is 0.477. The van der Waals surface area contributed by atoms with E-state index in [1.165, 1.54) is 18.3 Å². The highest BCUT2D eigenvalue weighted by Crippen LogP contribution is 2.34. The maximum Gasteiger partial charge on any atom is 0.241 e. The Morgan fingerprint density at radius 3 is 2.44 bits per heavy atom. The van der Waals surface area contributed by atoms with Crippen molar-refractivity contribution in [1.29, 1.82) is 0 Å². The molecular weight excluding hydrogens is 366 g/mol. The number of ketones is 2. The standard InChI is InChI=1S/C14H10N2O3S.C5H11NO/c1-7(17)8-4-5-9-12(15-8)11(14(19)16-9)13(18)10-3-2-6-20-10;1-5(2,3)6-4-7/h2-6,11H,1H3,(H,16,19);4H,1-3H3,(H,6,7). The Bertz CT molecular complexity index is 870. The number of pyridine rings is 1. The lowest BCUT2D eigenvalue weighted by atomic mass is 9.99. The van der Waals surface area contributed by atoms with Gasteiger partial charge in [0.05, 0.1) is 16.3 Å². The molecule has 0 radical (unpaired) electrons. The van der Waals surface area contributed by atoms with Gasteiger partial charge in [0.1, 0.15) is 11.6 Å².